The van der Waals surface area contributed by atoms with Gasteiger partial charge in [-0.05, 0) is 72.2 Å². The largest absolute Gasteiger partial charge is 0.490 e. The number of ether oxygens (including phenoxy) is 2. The maximum Gasteiger partial charge on any atom is 0.255 e. The molecule has 140 valence electrons. The Morgan fingerprint density at radius 2 is 1.78 bits per heavy atom. The standard InChI is InChI=1S/C20H20BrN3O3/c1-3-26-18-10-5-14(11-19(18)27-4-2)20(25)23-16-6-8-17(9-7-16)24-13-15(21)12-22-24/h5-13H,3-4H2,1-2H3,(H,23,25). The molecular weight excluding hydrogens is 410 g/mol. The highest BCUT2D eigenvalue weighted by atomic mass is 79.9. The fraction of sp³-hybridized carbons (Fsp3) is 0.200. The summed E-state index contributed by atoms with van der Waals surface area (Å²) >= 11 is 3.37. The number of amides is 1. The van der Waals surface area contributed by atoms with Crippen molar-refractivity contribution < 1.29 is 14.3 Å². The molecule has 3 aromatic rings. The molecule has 0 aliphatic heterocycles. The number of nitrogens with zero attached hydrogens (tertiary/aromatic N) is 2. The molecule has 1 heterocycles. The third kappa shape index (κ3) is 4.68. The van der Waals surface area contributed by atoms with Crippen LogP contribution in [0.15, 0.2) is 59.3 Å². The summed E-state index contributed by atoms with van der Waals surface area (Å²) in [5.41, 5.74) is 2.10. The minimum Gasteiger partial charge on any atom is -0.490 e. The number of aromatic nitrogens is 2. The van der Waals surface area contributed by atoms with Gasteiger partial charge in [-0.2, -0.15) is 5.10 Å². The summed E-state index contributed by atoms with van der Waals surface area (Å²) in [7, 11) is 0. The minimum atomic E-state index is -0.214. The molecule has 1 aromatic heterocycles. The van der Waals surface area contributed by atoms with Gasteiger partial charge in [0.15, 0.2) is 11.5 Å². The number of nitrogens with one attached hydrogen (secondary N) is 1. The molecule has 0 bridgehead atoms. The van der Waals surface area contributed by atoms with Crippen LogP contribution in [-0.2, 0) is 0 Å². The van der Waals surface area contributed by atoms with E-state index in [9.17, 15) is 4.79 Å². The molecule has 1 N–H and O–H groups in total. The lowest BCUT2D eigenvalue weighted by Crippen LogP contribution is -2.12. The van der Waals surface area contributed by atoms with Crippen molar-refractivity contribution in [3.05, 3.63) is 64.9 Å². The van der Waals surface area contributed by atoms with E-state index >= 15 is 0 Å². The fourth-order valence-electron chi connectivity index (χ4n) is 2.54. The Balaban J connectivity index is 1.73. The van der Waals surface area contributed by atoms with E-state index < -0.39 is 0 Å². The van der Waals surface area contributed by atoms with Crippen LogP contribution in [0.2, 0.25) is 0 Å². The molecule has 6 nitrogen and oxygen atoms in total. The maximum absolute atomic E-state index is 12.6. The van der Waals surface area contributed by atoms with E-state index in [4.69, 9.17) is 9.47 Å². The van der Waals surface area contributed by atoms with Gasteiger partial charge in [-0.15, -0.1) is 0 Å². The zero-order valence-electron chi connectivity index (χ0n) is 15.1. The van der Waals surface area contributed by atoms with Crippen molar-refractivity contribution in [2.24, 2.45) is 0 Å². The Kier molecular flexibility index (Phi) is 6.13. The zero-order chi connectivity index (χ0) is 19.2. The van der Waals surface area contributed by atoms with Gasteiger partial charge >= 0.3 is 0 Å². The number of halogens is 1. The Morgan fingerprint density at radius 3 is 2.41 bits per heavy atom. The number of hydrogen-bond donors (Lipinski definition) is 1. The van der Waals surface area contributed by atoms with Crippen LogP contribution in [0.1, 0.15) is 24.2 Å². The van der Waals surface area contributed by atoms with Crippen molar-refractivity contribution in [1.82, 2.24) is 9.78 Å². The molecule has 0 aliphatic carbocycles. The molecule has 0 unspecified atom stereocenters. The van der Waals surface area contributed by atoms with Gasteiger partial charge in [0.1, 0.15) is 0 Å². The van der Waals surface area contributed by atoms with Gasteiger partial charge in [0.2, 0.25) is 0 Å². The predicted molar refractivity (Wildman–Crippen MR) is 108 cm³/mol. The lowest BCUT2D eigenvalue weighted by molar-refractivity contribution is 0.102. The Labute approximate surface area is 166 Å². The zero-order valence-corrected chi connectivity index (χ0v) is 16.7. The SMILES string of the molecule is CCOc1ccc(C(=O)Nc2ccc(-n3cc(Br)cn3)cc2)cc1OCC. The normalized spacial score (nSPS) is 10.5. The van der Waals surface area contributed by atoms with Gasteiger partial charge in [-0.3, -0.25) is 4.79 Å². The molecule has 27 heavy (non-hydrogen) atoms. The maximum atomic E-state index is 12.6. The van der Waals surface area contributed by atoms with Gasteiger partial charge in [0.25, 0.3) is 5.91 Å². The highest BCUT2D eigenvalue weighted by molar-refractivity contribution is 9.10. The summed E-state index contributed by atoms with van der Waals surface area (Å²) in [5, 5.41) is 7.12. The van der Waals surface area contributed by atoms with Crippen LogP contribution in [0.5, 0.6) is 11.5 Å². The number of rotatable bonds is 7. The van der Waals surface area contributed by atoms with E-state index in [1.165, 1.54) is 0 Å². The molecule has 7 heteroatoms. The molecule has 0 saturated heterocycles. The molecule has 0 saturated carbocycles. The highest BCUT2D eigenvalue weighted by Crippen LogP contribution is 2.29. The second-order valence-electron chi connectivity index (χ2n) is 5.63. The third-order valence-electron chi connectivity index (χ3n) is 3.75. The molecule has 0 aliphatic rings. The van der Waals surface area contributed by atoms with Crippen LogP contribution in [0.4, 0.5) is 5.69 Å². The van der Waals surface area contributed by atoms with Crippen molar-refractivity contribution in [3.63, 3.8) is 0 Å². The van der Waals surface area contributed by atoms with Crippen LogP contribution in [0.25, 0.3) is 5.69 Å². The highest BCUT2D eigenvalue weighted by Gasteiger charge is 2.12. The first-order valence-electron chi connectivity index (χ1n) is 8.62. The summed E-state index contributed by atoms with van der Waals surface area (Å²) < 4.78 is 13.8. The summed E-state index contributed by atoms with van der Waals surface area (Å²) in [4.78, 5) is 12.6. The number of carbonyl (C=O) groups is 1. The second-order valence-corrected chi connectivity index (χ2v) is 6.55. The average Bonchev–Trinajstić information content (AvgIpc) is 3.10. The molecule has 3 rings (SSSR count). The lowest BCUT2D eigenvalue weighted by Gasteiger charge is -2.12. The van der Waals surface area contributed by atoms with Gasteiger partial charge in [0.05, 0.1) is 29.6 Å². The molecule has 0 radical (unpaired) electrons. The Hall–Kier alpha value is -2.80. The van der Waals surface area contributed by atoms with E-state index in [0.29, 0.717) is 36.0 Å². The number of carbonyl (C=O) groups excluding carboxylic acids is 1. The van der Waals surface area contributed by atoms with E-state index in [1.807, 2.05) is 44.3 Å². The van der Waals surface area contributed by atoms with Crippen LogP contribution in [-0.4, -0.2) is 28.9 Å². The lowest BCUT2D eigenvalue weighted by atomic mass is 10.1. The quantitative estimate of drug-likeness (QED) is 0.591. The summed E-state index contributed by atoms with van der Waals surface area (Å²) in [6, 6.07) is 12.6. The third-order valence-corrected chi connectivity index (χ3v) is 4.16. The summed E-state index contributed by atoms with van der Waals surface area (Å²) in [5.74, 6) is 0.978. The van der Waals surface area contributed by atoms with Gasteiger partial charge in [-0.1, -0.05) is 0 Å². The molecular formula is C20H20BrN3O3. The van der Waals surface area contributed by atoms with Crippen molar-refractivity contribution in [3.8, 4) is 17.2 Å². The van der Waals surface area contributed by atoms with Crippen LogP contribution >= 0.6 is 15.9 Å². The van der Waals surface area contributed by atoms with E-state index in [1.54, 1.807) is 29.1 Å². The van der Waals surface area contributed by atoms with Crippen molar-refractivity contribution >= 4 is 27.5 Å². The molecule has 1 amide bonds. The fourth-order valence-corrected chi connectivity index (χ4v) is 2.82. The smallest absolute Gasteiger partial charge is 0.255 e. The van der Waals surface area contributed by atoms with Gasteiger partial charge < -0.3 is 14.8 Å². The molecule has 0 atom stereocenters. The van der Waals surface area contributed by atoms with E-state index in [2.05, 4.69) is 26.3 Å². The van der Waals surface area contributed by atoms with Crippen LogP contribution in [0, 0.1) is 0 Å². The monoisotopic (exact) mass is 429 g/mol. The van der Waals surface area contributed by atoms with Crippen molar-refractivity contribution in [2.75, 3.05) is 18.5 Å². The van der Waals surface area contributed by atoms with E-state index in [0.717, 1.165) is 10.2 Å². The number of benzene rings is 2. The summed E-state index contributed by atoms with van der Waals surface area (Å²) in [6.07, 6.45) is 3.58. The van der Waals surface area contributed by atoms with Crippen LogP contribution < -0.4 is 14.8 Å². The van der Waals surface area contributed by atoms with Crippen molar-refractivity contribution in [2.45, 2.75) is 13.8 Å². The first kappa shape index (κ1) is 19.0. The van der Waals surface area contributed by atoms with Gasteiger partial charge in [-0.25, -0.2) is 4.68 Å². The summed E-state index contributed by atoms with van der Waals surface area (Å²) in [6.45, 7) is 4.82. The Bertz CT molecular complexity index is 922. The molecule has 0 spiro atoms. The predicted octanol–water partition coefficient (Wildman–Crippen LogP) is 4.68. The number of hydrogen-bond acceptors (Lipinski definition) is 4. The van der Waals surface area contributed by atoms with Crippen molar-refractivity contribution in [1.29, 1.82) is 0 Å². The first-order valence-corrected chi connectivity index (χ1v) is 9.41. The average molecular weight is 430 g/mol. The van der Waals surface area contributed by atoms with E-state index in [-0.39, 0.29) is 5.91 Å². The second kappa shape index (κ2) is 8.73. The van der Waals surface area contributed by atoms with Crippen LogP contribution in [0.3, 0.4) is 0 Å². The Morgan fingerprint density at radius 1 is 1.07 bits per heavy atom. The molecule has 0 fully saturated rings. The number of anilines is 1. The molecule has 2 aromatic carbocycles. The topological polar surface area (TPSA) is 65.4 Å². The van der Waals surface area contributed by atoms with Gasteiger partial charge in [0, 0.05) is 17.4 Å². The first-order chi connectivity index (χ1) is 13.1. The minimum absolute atomic E-state index is 0.214.